The van der Waals surface area contributed by atoms with Gasteiger partial charge in [-0.3, -0.25) is 0 Å². The van der Waals surface area contributed by atoms with E-state index in [1.54, 1.807) is 0 Å². The fourth-order valence-corrected chi connectivity index (χ4v) is 0.567. The van der Waals surface area contributed by atoms with Crippen LogP contribution in [0.2, 0.25) is 0 Å². The molecule has 0 bridgehead atoms. The van der Waals surface area contributed by atoms with Crippen molar-refractivity contribution in [3.8, 4) is 0 Å². The Morgan fingerprint density at radius 1 is 1.57 bits per heavy atom. The van der Waals surface area contributed by atoms with E-state index in [0.29, 0.717) is 0 Å². The molecule has 1 atom stereocenters. The minimum atomic E-state index is 0. The van der Waals surface area contributed by atoms with Gasteiger partial charge in [-0.1, -0.05) is 36.2 Å². The third-order valence-electron chi connectivity index (χ3n) is 0.960. The maximum Gasteiger partial charge on any atom is 0.00569 e. The molecule has 0 aliphatic heterocycles. The van der Waals surface area contributed by atoms with E-state index in [2.05, 4.69) is 29.8 Å². The van der Waals surface area contributed by atoms with Crippen LogP contribution in [0.25, 0.3) is 0 Å². The average molecular weight is 185 g/mol. The van der Waals surface area contributed by atoms with E-state index >= 15 is 0 Å². The Bertz CT molecular complexity index is 27.3. The molecule has 0 rings (SSSR count). The van der Waals surface area contributed by atoms with Crippen molar-refractivity contribution in [3.63, 3.8) is 0 Å². The van der Waals surface area contributed by atoms with Gasteiger partial charge >= 0.3 is 0 Å². The van der Waals surface area contributed by atoms with E-state index in [1.165, 1.54) is 6.42 Å². The van der Waals surface area contributed by atoms with Crippen molar-refractivity contribution in [1.82, 2.24) is 0 Å². The molecule has 0 heterocycles. The van der Waals surface area contributed by atoms with Crippen molar-refractivity contribution in [1.29, 1.82) is 0 Å². The van der Waals surface area contributed by atoms with E-state index in [0.717, 1.165) is 11.2 Å². The van der Waals surface area contributed by atoms with Crippen molar-refractivity contribution < 1.29 is 0 Å². The van der Waals surface area contributed by atoms with E-state index in [-0.39, 0.29) is 13.5 Å². The molecule has 0 unspecified atom stereocenters. The van der Waals surface area contributed by atoms with Crippen molar-refractivity contribution in [2.24, 2.45) is 5.92 Å². The number of rotatable bonds is 2. The van der Waals surface area contributed by atoms with Gasteiger partial charge in [-0.25, -0.2) is 0 Å². The number of halogens is 1. The lowest BCUT2D eigenvalue weighted by atomic mass is 10.2. The zero-order chi connectivity index (χ0) is 4.99. The topological polar surface area (TPSA) is 0 Å². The van der Waals surface area contributed by atoms with Gasteiger partial charge in [-0.15, -0.1) is 0 Å². The maximum absolute atomic E-state index is 3.37. The highest BCUT2D eigenvalue weighted by Gasteiger charge is 1.90. The predicted octanol–water partition coefficient (Wildman–Crippen LogP) is 2.54. The first-order chi connectivity index (χ1) is 2.81. The molecule has 0 spiro atoms. The normalized spacial score (nSPS) is 12.4. The number of hydrogen-bond donors (Lipinski definition) is 0. The van der Waals surface area contributed by atoms with Crippen LogP contribution in [0.1, 0.15) is 20.3 Å². The molecule has 2 heteroatoms. The standard InChI is InChI=1S/C5H11Br.H2S/c1-3-5(2)4-6;/h5H,3-4H2,1-2H3;1H2/t5-;/m0./s1. The third-order valence-corrected chi connectivity index (χ3v) is 2.07. The van der Waals surface area contributed by atoms with E-state index in [1.807, 2.05) is 0 Å². The molecule has 0 aromatic carbocycles. The summed E-state index contributed by atoms with van der Waals surface area (Å²) in [7, 11) is 0. The maximum atomic E-state index is 3.37. The van der Waals surface area contributed by atoms with E-state index in [9.17, 15) is 0 Å². The largest absolute Gasteiger partial charge is 0.197 e. The van der Waals surface area contributed by atoms with Gasteiger partial charge in [0, 0.05) is 5.33 Å². The zero-order valence-electron chi connectivity index (χ0n) is 4.87. The molecule has 0 aliphatic carbocycles. The van der Waals surface area contributed by atoms with Gasteiger partial charge < -0.3 is 0 Å². The molecule has 0 aromatic heterocycles. The first-order valence-corrected chi connectivity index (χ1v) is 3.49. The second kappa shape index (κ2) is 6.83. The first-order valence-electron chi connectivity index (χ1n) is 2.37. The Morgan fingerprint density at radius 3 is 2.00 bits per heavy atom. The SMILES string of the molecule is CC[C@H](C)CBr.S. The third kappa shape index (κ3) is 6.83. The second-order valence-electron chi connectivity index (χ2n) is 1.67. The molecule has 0 aliphatic rings. The number of alkyl halides is 1. The summed E-state index contributed by atoms with van der Waals surface area (Å²) >= 11 is 3.37. The van der Waals surface area contributed by atoms with Crippen LogP contribution < -0.4 is 0 Å². The summed E-state index contributed by atoms with van der Waals surface area (Å²) in [6, 6.07) is 0. The van der Waals surface area contributed by atoms with Crippen LogP contribution in [0.4, 0.5) is 0 Å². The van der Waals surface area contributed by atoms with Gasteiger partial charge in [0.1, 0.15) is 0 Å². The summed E-state index contributed by atoms with van der Waals surface area (Å²) in [5, 5.41) is 1.14. The zero-order valence-corrected chi connectivity index (χ0v) is 7.46. The van der Waals surface area contributed by atoms with Crippen molar-refractivity contribution in [3.05, 3.63) is 0 Å². The highest BCUT2D eigenvalue weighted by Crippen LogP contribution is 2.02. The first kappa shape index (κ1) is 10.7. The van der Waals surface area contributed by atoms with Gasteiger partial charge in [-0.05, 0) is 5.92 Å². The smallest absolute Gasteiger partial charge is 0.00569 e. The summed E-state index contributed by atoms with van der Waals surface area (Å²) in [5.41, 5.74) is 0. The predicted molar refractivity (Wildman–Crippen MR) is 43.6 cm³/mol. The lowest BCUT2D eigenvalue weighted by molar-refractivity contribution is 0.641. The molecule has 0 amide bonds. The van der Waals surface area contributed by atoms with E-state index < -0.39 is 0 Å². The van der Waals surface area contributed by atoms with Gasteiger partial charge in [-0.2, -0.15) is 13.5 Å². The van der Waals surface area contributed by atoms with Crippen LogP contribution in [0, 0.1) is 5.92 Å². The van der Waals surface area contributed by atoms with Gasteiger partial charge in [0.25, 0.3) is 0 Å². The van der Waals surface area contributed by atoms with Gasteiger partial charge in [0.15, 0.2) is 0 Å². The molecule has 0 saturated carbocycles. The van der Waals surface area contributed by atoms with Crippen LogP contribution >= 0.6 is 29.4 Å². The summed E-state index contributed by atoms with van der Waals surface area (Å²) in [6.07, 6.45) is 1.28. The molecule has 0 radical (unpaired) electrons. The summed E-state index contributed by atoms with van der Waals surface area (Å²) in [4.78, 5) is 0. The molecule has 46 valence electrons. The Kier molecular flexibility index (Phi) is 10.5. The fourth-order valence-electron chi connectivity index (χ4n) is 0.109. The van der Waals surface area contributed by atoms with Crippen LogP contribution in [0.5, 0.6) is 0 Å². The highest BCUT2D eigenvalue weighted by atomic mass is 79.9. The second-order valence-corrected chi connectivity index (χ2v) is 2.32. The molecule has 0 N–H and O–H groups in total. The molecule has 0 aromatic rings. The highest BCUT2D eigenvalue weighted by molar-refractivity contribution is 9.09. The Hall–Kier alpha value is 0.830. The van der Waals surface area contributed by atoms with Crippen LogP contribution in [-0.2, 0) is 0 Å². The summed E-state index contributed by atoms with van der Waals surface area (Å²) in [5.74, 6) is 0.852. The quantitative estimate of drug-likeness (QED) is 0.580. The Morgan fingerprint density at radius 2 is 2.00 bits per heavy atom. The fraction of sp³-hybridized carbons (Fsp3) is 1.00. The van der Waals surface area contributed by atoms with Gasteiger partial charge in [0.2, 0.25) is 0 Å². The average Bonchev–Trinajstić information content (AvgIpc) is 1.65. The molecular weight excluding hydrogens is 172 g/mol. The molecular formula is C5H13BrS. The molecule has 7 heavy (non-hydrogen) atoms. The monoisotopic (exact) mass is 184 g/mol. The Labute approximate surface area is 61.3 Å². The van der Waals surface area contributed by atoms with Crippen molar-refractivity contribution in [2.45, 2.75) is 20.3 Å². The lowest BCUT2D eigenvalue weighted by Crippen LogP contribution is -1.89. The summed E-state index contributed by atoms with van der Waals surface area (Å²) in [6.45, 7) is 4.43. The van der Waals surface area contributed by atoms with Crippen LogP contribution in [-0.4, -0.2) is 5.33 Å². The van der Waals surface area contributed by atoms with E-state index in [4.69, 9.17) is 0 Å². The van der Waals surface area contributed by atoms with Crippen LogP contribution in [0.15, 0.2) is 0 Å². The molecule has 0 nitrogen and oxygen atoms in total. The molecule has 0 saturated heterocycles. The van der Waals surface area contributed by atoms with Gasteiger partial charge in [0.05, 0.1) is 0 Å². The minimum Gasteiger partial charge on any atom is -0.197 e. The molecule has 0 fully saturated rings. The minimum absolute atomic E-state index is 0. The number of hydrogen-bond acceptors (Lipinski definition) is 0. The Balaban J connectivity index is 0. The summed E-state index contributed by atoms with van der Waals surface area (Å²) < 4.78 is 0. The van der Waals surface area contributed by atoms with Crippen molar-refractivity contribution >= 4 is 29.4 Å². The van der Waals surface area contributed by atoms with Crippen LogP contribution in [0.3, 0.4) is 0 Å². The lowest BCUT2D eigenvalue weighted by Gasteiger charge is -1.97. The van der Waals surface area contributed by atoms with Crippen molar-refractivity contribution in [2.75, 3.05) is 5.33 Å².